The predicted octanol–water partition coefficient (Wildman–Crippen LogP) is 0.965. The fourth-order valence-corrected chi connectivity index (χ4v) is 2.56. The Morgan fingerprint density at radius 3 is 2.50 bits per heavy atom. The van der Waals surface area contributed by atoms with E-state index in [1.165, 1.54) is 13.5 Å². The molecule has 0 radical (unpaired) electrons. The zero-order chi connectivity index (χ0) is 13.4. The molecule has 0 spiro atoms. The largest absolute Gasteiger partial charge is 0.469 e. The number of carbonyl (C=O) groups excluding carboxylic acids is 2. The van der Waals surface area contributed by atoms with Gasteiger partial charge < -0.3 is 15.8 Å². The smallest absolute Gasteiger partial charge is 0.307 e. The van der Waals surface area contributed by atoms with Gasteiger partial charge in [0.25, 0.3) is 0 Å². The molecule has 1 rings (SSSR count). The predicted molar refractivity (Wildman–Crippen MR) is 68.8 cm³/mol. The fourth-order valence-electron chi connectivity index (χ4n) is 2.56. The molecule has 104 valence electrons. The lowest BCUT2D eigenvalue weighted by Gasteiger charge is -2.35. The Morgan fingerprint density at radius 2 is 1.94 bits per heavy atom. The van der Waals surface area contributed by atoms with Crippen LogP contribution in [-0.2, 0) is 14.3 Å². The van der Waals surface area contributed by atoms with E-state index in [1.807, 2.05) is 0 Å². The maximum Gasteiger partial charge on any atom is 0.307 e. The number of ether oxygens (including phenoxy) is 1. The Bertz CT molecular complexity index is 286. The van der Waals surface area contributed by atoms with Crippen molar-refractivity contribution in [2.45, 2.75) is 44.9 Å². The molecule has 1 aliphatic rings. The van der Waals surface area contributed by atoms with E-state index in [4.69, 9.17) is 5.73 Å². The number of esters is 1. The summed E-state index contributed by atoms with van der Waals surface area (Å²) in [5.41, 5.74) is 5.81. The summed E-state index contributed by atoms with van der Waals surface area (Å²) in [5.74, 6) is -0.312. The number of amides is 1. The van der Waals surface area contributed by atoms with Gasteiger partial charge in [0.1, 0.15) is 0 Å². The van der Waals surface area contributed by atoms with Crippen molar-refractivity contribution in [3.8, 4) is 0 Å². The second-order valence-electron chi connectivity index (χ2n) is 5.12. The Hall–Kier alpha value is -1.10. The van der Waals surface area contributed by atoms with Gasteiger partial charge in [-0.25, -0.2) is 0 Å². The number of hydrogen-bond donors (Lipinski definition) is 2. The summed E-state index contributed by atoms with van der Waals surface area (Å²) in [6.07, 6.45) is 6.33. The van der Waals surface area contributed by atoms with Crippen LogP contribution >= 0.6 is 0 Å². The van der Waals surface area contributed by atoms with E-state index >= 15 is 0 Å². The first kappa shape index (κ1) is 15.0. The number of methoxy groups -OCH3 is 1. The normalized spacial score (nSPS) is 18.1. The molecular formula is C13H24N2O3. The van der Waals surface area contributed by atoms with Crippen LogP contribution in [0.25, 0.3) is 0 Å². The van der Waals surface area contributed by atoms with Crippen LogP contribution in [0.4, 0.5) is 0 Å². The summed E-state index contributed by atoms with van der Waals surface area (Å²) < 4.78 is 4.51. The van der Waals surface area contributed by atoms with Crippen LogP contribution < -0.4 is 11.1 Å². The molecule has 0 aromatic heterocycles. The van der Waals surface area contributed by atoms with Gasteiger partial charge in [0.2, 0.25) is 5.91 Å². The summed E-state index contributed by atoms with van der Waals surface area (Å²) >= 11 is 0. The van der Waals surface area contributed by atoms with Crippen LogP contribution in [0.2, 0.25) is 0 Å². The van der Waals surface area contributed by atoms with Gasteiger partial charge in [-0.3, -0.25) is 9.59 Å². The number of rotatable bonds is 6. The summed E-state index contributed by atoms with van der Waals surface area (Å²) in [5, 5.41) is 2.76. The van der Waals surface area contributed by atoms with Crippen LogP contribution in [-0.4, -0.2) is 32.1 Å². The monoisotopic (exact) mass is 256 g/mol. The summed E-state index contributed by atoms with van der Waals surface area (Å²) in [4.78, 5) is 22.7. The molecule has 1 fully saturated rings. The standard InChI is InChI=1S/C13H24N2O3/c1-18-12(17)5-8-15-11(16)9-13(10-14)6-3-2-4-7-13/h2-10,14H2,1H3,(H,15,16). The van der Waals surface area contributed by atoms with Crippen molar-refractivity contribution in [2.24, 2.45) is 11.1 Å². The second kappa shape index (κ2) is 7.36. The van der Waals surface area contributed by atoms with Crippen molar-refractivity contribution in [2.75, 3.05) is 20.2 Å². The Labute approximate surface area is 108 Å². The zero-order valence-electron chi connectivity index (χ0n) is 11.2. The fraction of sp³-hybridized carbons (Fsp3) is 0.846. The lowest BCUT2D eigenvalue weighted by Crippen LogP contribution is -2.39. The van der Waals surface area contributed by atoms with Gasteiger partial charge in [0.05, 0.1) is 13.5 Å². The highest BCUT2D eigenvalue weighted by molar-refractivity contribution is 5.77. The minimum atomic E-state index is -0.304. The number of nitrogens with two attached hydrogens (primary N) is 1. The van der Waals surface area contributed by atoms with Crippen molar-refractivity contribution < 1.29 is 14.3 Å². The average molecular weight is 256 g/mol. The molecule has 5 nitrogen and oxygen atoms in total. The van der Waals surface area contributed by atoms with Crippen LogP contribution in [0.5, 0.6) is 0 Å². The van der Waals surface area contributed by atoms with Crippen molar-refractivity contribution >= 4 is 11.9 Å². The third-order valence-corrected chi connectivity index (χ3v) is 3.76. The van der Waals surface area contributed by atoms with E-state index in [0.717, 1.165) is 25.7 Å². The first-order valence-electron chi connectivity index (χ1n) is 6.65. The maximum atomic E-state index is 11.8. The van der Waals surface area contributed by atoms with Crippen LogP contribution in [0, 0.1) is 5.41 Å². The lowest BCUT2D eigenvalue weighted by molar-refractivity contribution is -0.140. The summed E-state index contributed by atoms with van der Waals surface area (Å²) in [7, 11) is 1.34. The molecule has 0 bridgehead atoms. The number of carbonyl (C=O) groups is 2. The minimum absolute atomic E-state index is 0.00810. The van der Waals surface area contributed by atoms with Gasteiger partial charge >= 0.3 is 5.97 Å². The first-order chi connectivity index (χ1) is 8.62. The quantitative estimate of drug-likeness (QED) is 0.694. The molecule has 1 aliphatic carbocycles. The van der Waals surface area contributed by atoms with E-state index in [1.54, 1.807) is 0 Å². The van der Waals surface area contributed by atoms with Gasteiger partial charge in [-0.05, 0) is 24.8 Å². The van der Waals surface area contributed by atoms with E-state index < -0.39 is 0 Å². The molecule has 3 N–H and O–H groups in total. The van der Waals surface area contributed by atoms with E-state index in [-0.39, 0.29) is 23.7 Å². The third-order valence-electron chi connectivity index (χ3n) is 3.76. The molecule has 0 saturated heterocycles. The molecular weight excluding hydrogens is 232 g/mol. The Balaban J connectivity index is 2.31. The van der Waals surface area contributed by atoms with Crippen molar-refractivity contribution in [1.82, 2.24) is 5.32 Å². The van der Waals surface area contributed by atoms with Crippen LogP contribution in [0.1, 0.15) is 44.9 Å². The Kier molecular flexibility index (Phi) is 6.12. The average Bonchev–Trinajstić information content (AvgIpc) is 2.39. The van der Waals surface area contributed by atoms with Gasteiger partial charge in [-0.1, -0.05) is 19.3 Å². The van der Waals surface area contributed by atoms with E-state index in [0.29, 0.717) is 19.5 Å². The minimum Gasteiger partial charge on any atom is -0.469 e. The zero-order valence-corrected chi connectivity index (χ0v) is 11.2. The molecule has 0 unspecified atom stereocenters. The van der Waals surface area contributed by atoms with Crippen molar-refractivity contribution in [3.63, 3.8) is 0 Å². The molecule has 1 saturated carbocycles. The highest BCUT2D eigenvalue weighted by Gasteiger charge is 2.32. The third kappa shape index (κ3) is 4.64. The summed E-state index contributed by atoms with van der Waals surface area (Å²) in [6, 6.07) is 0. The van der Waals surface area contributed by atoms with Crippen molar-refractivity contribution in [1.29, 1.82) is 0 Å². The second-order valence-corrected chi connectivity index (χ2v) is 5.12. The van der Waals surface area contributed by atoms with Gasteiger partial charge in [0, 0.05) is 13.0 Å². The topological polar surface area (TPSA) is 81.4 Å². The Morgan fingerprint density at radius 1 is 1.28 bits per heavy atom. The molecule has 0 heterocycles. The molecule has 0 atom stereocenters. The first-order valence-corrected chi connectivity index (χ1v) is 6.65. The van der Waals surface area contributed by atoms with Gasteiger partial charge in [-0.15, -0.1) is 0 Å². The SMILES string of the molecule is COC(=O)CCNC(=O)CC1(CN)CCCCC1. The summed E-state index contributed by atoms with van der Waals surface area (Å²) in [6.45, 7) is 0.906. The van der Waals surface area contributed by atoms with Crippen LogP contribution in [0.15, 0.2) is 0 Å². The van der Waals surface area contributed by atoms with Crippen molar-refractivity contribution in [3.05, 3.63) is 0 Å². The number of hydrogen-bond acceptors (Lipinski definition) is 4. The maximum absolute atomic E-state index is 11.8. The van der Waals surface area contributed by atoms with Gasteiger partial charge in [0.15, 0.2) is 0 Å². The van der Waals surface area contributed by atoms with Gasteiger partial charge in [-0.2, -0.15) is 0 Å². The van der Waals surface area contributed by atoms with E-state index in [2.05, 4.69) is 10.1 Å². The molecule has 0 aromatic carbocycles. The number of nitrogens with one attached hydrogen (secondary N) is 1. The van der Waals surface area contributed by atoms with Crippen LogP contribution in [0.3, 0.4) is 0 Å². The molecule has 0 aliphatic heterocycles. The molecule has 5 heteroatoms. The molecule has 18 heavy (non-hydrogen) atoms. The highest BCUT2D eigenvalue weighted by atomic mass is 16.5. The molecule has 0 aromatic rings. The molecule has 1 amide bonds. The van der Waals surface area contributed by atoms with E-state index in [9.17, 15) is 9.59 Å². The highest BCUT2D eigenvalue weighted by Crippen LogP contribution is 2.38. The lowest BCUT2D eigenvalue weighted by atomic mass is 9.71.